The molecule has 0 aromatic carbocycles. The van der Waals surface area contributed by atoms with Gasteiger partial charge in [-0.05, 0) is 31.1 Å². The summed E-state index contributed by atoms with van der Waals surface area (Å²) in [5, 5.41) is 5.04. The molecule has 0 radical (unpaired) electrons. The molecule has 3 heterocycles. The van der Waals surface area contributed by atoms with Crippen LogP contribution in [0.2, 0.25) is 0 Å². The molecule has 6 nitrogen and oxygen atoms in total. The van der Waals surface area contributed by atoms with E-state index >= 15 is 0 Å². The number of piperidine rings is 1. The van der Waals surface area contributed by atoms with Crippen molar-refractivity contribution in [2.45, 2.75) is 19.3 Å². The summed E-state index contributed by atoms with van der Waals surface area (Å²) >= 11 is 0. The largest absolute Gasteiger partial charge is 0.383 e. The zero-order valence-electron chi connectivity index (χ0n) is 11.1. The summed E-state index contributed by atoms with van der Waals surface area (Å²) < 4.78 is 1.76. The number of nitrogens with two attached hydrogens (primary N) is 1. The first-order valence-electron chi connectivity index (χ1n) is 6.91. The van der Waals surface area contributed by atoms with Crippen molar-refractivity contribution in [3.05, 3.63) is 6.20 Å². The van der Waals surface area contributed by atoms with E-state index < -0.39 is 0 Å². The smallest absolute Gasteiger partial charge is 0.229 e. The number of aryl methyl sites for hydroxylation is 1. The number of anilines is 2. The van der Waals surface area contributed by atoms with Crippen LogP contribution in [-0.2, 0) is 7.05 Å². The molecule has 2 aromatic heterocycles. The van der Waals surface area contributed by atoms with Crippen LogP contribution in [0.4, 0.5) is 11.8 Å². The molecule has 6 heteroatoms. The molecule has 100 valence electrons. The van der Waals surface area contributed by atoms with E-state index in [0.29, 0.717) is 5.82 Å². The molecule has 1 saturated heterocycles. The van der Waals surface area contributed by atoms with Crippen molar-refractivity contribution in [3.63, 3.8) is 0 Å². The maximum atomic E-state index is 6.03. The number of hydrogen-bond donors (Lipinski definition) is 1. The topological polar surface area (TPSA) is 72.9 Å². The van der Waals surface area contributed by atoms with Gasteiger partial charge < -0.3 is 10.6 Å². The molecule has 0 spiro atoms. The molecule has 0 unspecified atom stereocenters. The predicted molar refractivity (Wildman–Crippen MR) is 73.8 cm³/mol. The van der Waals surface area contributed by atoms with E-state index in [9.17, 15) is 0 Å². The number of nitrogens with zero attached hydrogens (tertiary/aromatic N) is 5. The number of fused-ring (bicyclic) bond motifs is 3. The molecule has 2 aliphatic rings. The highest BCUT2D eigenvalue weighted by Gasteiger charge is 2.34. The normalized spacial score (nSPS) is 26.3. The lowest BCUT2D eigenvalue weighted by Gasteiger charge is -2.31. The van der Waals surface area contributed by atoms with Crippen LogP contribution in [0.5, 0.6) is 0 Å². The van der Waals surface area contributed by atoms with E-state index in [1.807, 2.05) is 7.05 Å². The van der Waals surface area contributed by atoms with Crippen molar-refractivity contribution in [1.82, 2.24) is 19.7 Å². The van der Waals surface area contributed by atoms with Crippen molar-refractivity contribution in [1.29, 1.82) is 0 Å². The first kappa shape index (κ1) is 11.0. The molecule has 2 atom stereocenters. The molecule has 0 amide bonds. The lowest BCUT2D eigenvalue weighted by atomic mass is 9.99. The third-order valence-electron chi connectivity index (χ3n) is 4.50. The molecule has 2 bridgehead atoms. The fourth-order valence-corrected chi connectivity index (χ4v) is 3.54. The van der Waals surface area contributed by atoms with E-state index in [-0.39, 0.29) is 0 Å². The Morgan fingerprint density at radius 3 is 2.68 bits per heavy atom. The predicted octanol–water partition coefficient (Wildman–Crippen LogP) is 1.18. The zero-order chi connectivity index (χ0) is 13.0. The van der Waals surface area contributed by atoms with Crippen LogP contribution in [0, 0.1) is 11.8 Å². The quantitative estimate of drug-likeness (QED) is 0.831. The Kier molecular flexibility index (Phi) is 2.22. The molecule has 1 saturated carbocycles. The van der Waals surface area contributed by atoms with Crippen molar-refractivity contribution in [3.8, 4) is 0 Å². The Bertz CT molecular complexity index is 621. The van der Waals surface area contributed by atoms with Crippen molar-refractivity contribution in [2.24, 2.45) is 18.9 Å². The number of rotatable bonds is 1. The minimum Gasteiger partial charge on any atom is -0.383 e. The average molecular weight is 258 g/mol. The van der Waals surface area contributed by atoms with E-state index in [1.165, 1.54) is 19.3 Å². The monoisotopic (exact) mass is 258 g/mol. The minimum absolute atomic E-state index is 0.533. The van der Waals surface area contributed by atoms with Crippen LogP contribution in [-0.4, -0.2) is 32.8 Å². The van der Waals surface area contributed by atoms with Crippen LogP contribution in [0.15, 0.2) is 6.20 Å². The number of hydrogen-bond acceptors (Lipinski definition) is 5. The summed E-state index contributed by atoms with van der Waals surface area (Å²) in [6.45, 7) is 2.14. The molecule has 1 aliphatic heterocycles. The van der Waals surface area contributed by atoms with E-state index in [1.54, 1.807) is 10.9 Å². The SMILES string of the molecule is Cn1ncc2c(N)nc(N3C[C@@H]4CC[C@@H](C4)C3)nc21. The summed E-state index contributed by atoms with van der Waals surface area (Å²) in [5.74, 6) is 2.92. The van der Waals surface area contributed by atoms with Crippen LogP contribution < -0.4 is 10.6 Å². The Hall–Kier alpha value is -1.85. The van der Waals surface area contributed by atoms with Gasteiger partial charge in [0.25, 0.3) is 0 Å². The van der Waals surface area contributed by atoms with Crippen molar-refractivity contribution >= 4 is 22.8 Å². The highest BCUT2D eigenvalue weighted by molar-refractivity contribution is 5.86. The van der Waals surface area contributed by atoms with Gasteiger partial charge >= 0.3 is 0 Å². The Morgan fingerprint density at radius 1 is 1.21 bits per heavy atom. The molecule has 2 fully saturated rings. The van der Waals surface area contributed by atoms with Crippen molar-refractivity contribution < 1.29 is 0 Å². The fourth-order valence-electron chi connectivity index (χ4n) is 3.54. The summed E-state index contributed by atoms with van der Waals surface area (Å²) in [7, 11) is 1.89. The first-order valence-corrected chi connectivity index (χ1v) is 6.91. The second kappa shape index (κ2) is 3.82. The lowest BCUT2D eigenvalue weighted by Crippen LogP contribution is -2.37. The Morgan fingerprint density at radius 2 is 1.95 bits per heavy atom. The third kappa shape index (κ3) is 1.66. The summed E-state index contributed by atoms with van der Waals surface area (Å²) in [6, 6.07) is 0. The molecule has 2 aromatic rings. The first-order chi connectivity index (χ1) is 9.20. The second-order valence-corrected chi connectivity index (χ2v) is 5.86. The van der Waals surface area contributed by atoms with Crippen LogP contribution in [0.3, 0.4) is 0 Å². The van der Waals surface area contributed by atoms with Gasteiger partial charge in [0.15, 0.2) is 5.65 Å². The van der Waals surface area contributed by atoms with Crippen LogP contribution in [0.1, 0.15) is 19.3 Å². The Balaban J connectivity index is 1.76. The molecule has 4 rings (SSSR count). The second-order valence-electron chi connectivity index (χ2n) is 5.86. The average Bonchev–Trinajstić information content (AvgIpc) is 2.93. The van der Waals surface area contributed by atoms with Crippen LogP contribution >= 0.6 is 0 Å². The van der Waals surface area contributed by atoms with Gasteiger partial charge in [-0.15, -0.1) is 0 Å². The van der Waals surface area contributed by atoms with E-state index in [4.69, 9.17) is 5.73 Å². The molecule has 19 heavy (non-hydrogen) atoms. The number of aromatic nitrogens is 4. The molecular weight excluding hydrogens is 240 g/mol. The highest BCUT2D eigenvalue weighted by Crippen LogP contribution is 2.37. The fraction of sp³-hybridized carbons (Fsp3) is 0.615. The summed E-state index contributed by atoms with van der Waals surface area (Å²) in [4.78, 5) is 11.4. The third-order valence-corrected chi connectivity index (χ3v) is 4.50. The molecule has 1 aliphatic carbocycles. The number of nitrogen functional groups attached to an aromatic ring is 1. The van der Waals surface area contributed by atoms with Crippen LogP contribution in [0.25, 0.3) is 11.0 Å². The van der Waals surface area contributed by atoms with Gasteiger partial charge in [0.1, 0.15) is 5.82 Å². The van der Waals surface area contributed by atoms with Gasteiger partial charge in [-0.1, -0.05) is 0 Å². The van der Waals surface area contributed by atoms with Gasteiger partial charge in [-0.25, -0.2) is 0 Å². The standard InChI is InChI=1S/C13H18N6/c1-18-12-10(5-15-18)11(14)16-13(17-12)19-6-8-2-3-9(4-8)7-19/h5,8-9H,2-4,6-7H2,1H3,(H2,14,16,17)/t8-,9+. The van der Waals surface area contributed by atoms with Gasteiger partial charge in [0, 0.05) is 20.1 Å². The molecular formula is C13H18N6. The van der Waals surface area contributed by atoms with Gasteiger partial charge in [-0.3, -0.25) is 4.68 Å². The summed E-state index contributed by atoms with van der Waals surface area (Å²) in [6.07, 6.45) is 5.81. The maximum absolute atomic E-state index is 6.03. The molecule has 2 N–H and O–H groups in total. The minimum atomic E-state index is 0.533. The zero-order valence-corrected chi connectivity index (χ0v) is 11.1. The van der Waals surface area contributed by atoms with E-state index in [0.717, 1.165) is 41.9 Å². The van der Waals surface area contributed by atoms with Gasteiger partial charge in [0.05, 0.1) is 11.6 Å². The van der Waals surface area contributed by atoms with E-state index in [2.05, 4.69) is 20.0 Å². The summed E-state index contributed by atoms with van der Waals surface area (Å²) in [5.41, 5.74) is 6.85. The van der Waals surface area contributed by atoms with Gasteiger partial charge in [0.2, 0.25) is 5.95 Å². The van der Waals surface area contributed by atoms with Crippen molar-refractivity contribution in [2.75, 3.05) is 23.7 Å². The Labute approximate surface area is 111 Å². The lowest BCUT2D eigenvalue weighted by molar-refractivity contribution is 0.417. The highest BCUT2D eigenvalue weighted by atomic mass is 15.3. The van der Waals surface area contributed by atoms with Gasteiger partial charge in [-0.2, -0.15) is 15.1 Å². The maximum Gasteiger partial charge on any atom is 0.229 e.